The van der Waals surface area contributed by atoms with Gasteiger partial charge in [0.25, 0.3) is 0 Å². The molecule has 1 amide bonds. The van der Waals surface area contributed by atoms with Gasteiger partial charge in [0.05, 0.1) is 17.6 Å². The molecule has 0 saturated heterocycles. The molecular weight excluding hydrogens is 282 g/mol. The quantitative estimate of drug-likeness (QED) is 0.926. The molecule has 0 radical (unpaired) electrons. The van der Waals surface area contributed by atoms with E-state index in [1.807, 2.05) is 11.0 Å². The number of rotatable bonds is 4. The number of carboxylic acid groups (broad SMARTS) is 1. The summed E-state index contributed by atoms with van der Waals surface area (Å²) in [6.45, 7) is 1.19. The number of methoxy groups -OCH3 is 1. The molecule has 1 aliphatic heterocycles. The van der Waals surface area contributed by atoms with Gasteiger partial charge in [-0.3, -0.25) is 4.79 Å². The molecular formula is C17H21NO4. The molecule has 118 valence electrons. The first-order chi connectivity index (χ1) is 10.5. The fourth-order valence-corrected chi connectivity index (χ4v) is 3.31. The van der Waals surface area contributed by atoms with Crippen LogP contribution in [0.1, 0.15) is 47.2 Å². The van der Waals surface area contributed by atoms with Crippen molar-refractivity contribution in [1.29, 1.82) is 0 Å². The monoisotopic (exact) mass is 303 g/mol. The normalized spacial score (nSPS) is 19.2. The predicted octanol–water partition coefficient (Wildman–Crippen LogP) is 2.23. The first kappa shape index (κ1) is 15.0. The highest BCUT2D eigenvalue weighted by atomic mass is 16.5. The maximum absolute atomic E-state index is 12.5. The molecule has 1 saturated carbocycles. The van der Waals surface area contributed by atoms with Crippen molar-refractivity contribution in [2.24, 2.45) is 0 Å². The van der Waals surface area contributed by atoms with Crippen molar-refractivity contribution < 1.29 is 19.4 Å². The molecule has 0 unspecified atom stereocenters. The minimum absolute atomic E-state index is 0.105. The lowest BCUT2D eigenvalue weighted by Crippen LogP contribution is -2.46. The Morgan fingerprint density at radius 1 is 1.32 bits per heavy atom. The molecule has 1 heterocycles. The highest BCUT2D eigenvalue weighted by Crippen LogP contribution is 2.38. The van der Waals surface area contributed by atoms with E-state index in [0.717, 1.165) is 36.8 Å². The van der Waals surface area contributed by atoms with Crippen LogP contribution in [-0.2, 0) is 22.5 Å². The van der Waals surface area contributed by atoms with Gasteiger partial charge in [-0.05, 0) is 48.9 Å². The highest BCUT2D eigenvalue weighted by molar-refractivity contribution is 5.88. The summed E-state index contributed by atoms with van der Waals surface area (Å²) in [6, 6.07) is 5.18. The number of ether oxygens (including phenoxy) is 1. The summed E-state index contributed by atoms with van der Waals surface area (Å²) in [7, 11) is 1.68. The molecule has 22 heavy (non-hydrogen) atoms. The van der Waals surface area contributed by atoms with Crippen molar-refractivity contribution in [3.63, 3.8) is 0 Å². The van der Waals surface area contributed by atoms with Gasteiger partial charge in [0, 0.05) is 20.2 Å². The summed E-state index contributed by atoms with van der Waals surface area (Å²) in [5.74, 6) is -0.827. The number of carbonyl (C=O) groups is 2. The largest absolute Gasteiger partial charge is 0.478 e. The second-order valence-corrected chi connectivity index (χ2v) is 6.27. The van der Waals surface area contributed by atoms with Crippen molar-refractivity contribution in [3.05, 3.63) is 34.9 Å². The average Bonchev–Trinajstić information content (AvgIpc) is 2.49. The van der Waals surface area contributed by atoms with Crippen LogP contribution in [0.4, 0.5) is 0 Å². The fraction of sp³-hybridized carbons (Fsp3) is 0.529. The zero-order chi connectivity index (χ0) is 15.7. The number of benzene rings is 1. The first-order valence-corrected chi connectivity index (χ1v) is 7.71. The highest BCUT2D eigenvalue weighted by Gasteiger charge is 2.40. The third-order valence-corrected chi connectivity index (χ3v) is 4.99. The smallest absolute Gasteiger partial charge is 0.335 e. The number of amides is 1. The summed E-state index contributed by atoms with van der Waals surface area (Å²) in [4.78, 5) is 25.4. The van der Waals surface area contributed by atoms with E-state index in [4.69, 9.17) is 9.84 Å². The minimum atomic E-state index is -0.931. The van der Waals surface area contributed by atoms with Gasteiger partial charge >= 0.3 is 5.97 Å². The van der Waals surface area contributed by atoms with Gasteiger partial charge in [0.15, 0.2) is 0 Å². The molecule has 1 N–H and O–H groups in total. The number of carbonyl (C=O) groups excluding carboxylic acids is 1. The van der Waals surface area contributed by atoms with E-state index in [-0.39, 0.29) is 17.1 Å². The number of nitrogens with zero attached hydrogens (tertiary/aromatic N) is 1. The topological polar surface area (TPSA) is 66.8 Å². The summed E-state index contributed by atoms with van der Waals surface area (Å²) in [5, 5.41) is 9.09. The van der Waals surface area contributed by atoms with Gasteiger partial charge in [0.1, 0.15) is 0 Å². The van der Waals surface area contributed by atoms with Gasteiger partial charge in [-0.1, -0.05) is 6.07 Å². The van der Waals surface area contributed by atoms with E-state index in [2.05, 4.69) is 0 Å². The van der Waals surface area contributed by atoms with Crippen molar-refractivity contribution in [1.82, 2.24) is 4.90 Å². The lowest BCUT2D eigenvalue weighted by Gasteiger charge is -2.41. The lowest BCUT2D eigenvalue weighted by molar-refractivity contribution is -0.145. The Labute approximate surface area is 129 Å². The number of fused-ring (bicyclic) bond motifs is 1. The molecule has 2 aliphatic rings. The Balaban J connectivity index is 1.71. The molecule has 1 fully saturated rings. The van der Waals surface area contributed by atoms with Crippen LogP contribution in [0.5, 0.6) is 0 Å². The van der Waals surface area contributed by atoms with Crippen molar-refractivity contribution in [2.75, 3.05) is 13.7 Å². The van der Waals surface area contributed by atoms with Crippen LogP contribution in [-0.4, -0.2) is 41.1 Å². The molecule has 0 atom stereocenters. The maximum atomic E-state index is 12.5. The molecule has 0 bridgehead atoms. The van der Waals surface area contributed by atoms with Crippen LogP contribution in [0.2, 0.25) is 0 Å². The zero-order valence-electron chi connectivity index (χ0n) is 12.8. The van der Waals surface area contributed by atoms with Gasteiger partial charge in [0.2, 0.25) is 5.91 Å². The summed E-state index contributed by atoms with van der Waals surface area (Å²) in [5.41, 5.74) is 2.10. The van der Waals surface area contributed by atoms with Crippen LogP contribution < -0.4 is 0 Å². The van der Waals surface area contributed by atoms with Crippen LogP contribution in [0.15, 0.2) is 18.2 Å². The van der Waals surface area contributed by atoms with Crippen LogP contribution in [0.25, 0.3) is 0 Å². The third kappa shape index (κ3) is 2.73. The van der Waals surface area contributed by atoms with Gasteiger partial charge in [-0.2, -0.15) is 0 Å². The van der Waals surface area contributed by atoms with Gasteiger partial charge in [-0.15, -0.1) is 0 Å². The average molecular weight is 303 g/mol. The molecule has 1 aliphatic carbocycles. The molecule has 1 aromatic rings. The summed E-state index contributed by atoms with van der Waals surface area (Å²) >= 11 is 0. The molecule has 0 spiro atoms. The molecule has 3 rings (SSSR count). The Bertz CT molecular complexity index is 601. The van der Waals surface area contributed by atoms with Crippen molar-refractivity contribution in [3.8, 4) is 0 Å². The standard InChI is InChI=1S/C17H21NO4/c1-22-17(6-2-7-17)10-15(19)18-8-5-12-3-4-13(16(20)21)9-14(12)11-18/h3-4,9H,2,5-8,10-11H2,1H3,(H,20,21). The Morgan fingerprint density at radius 2 is 2.09 bits per heavy atom. The van der Waals surface area contributed by atoms with Crippen LogP contribution >= 0.6 is 0 Å². The zero-order valence-corrected chi connectivity index (χ0v) is 12.8. The molecule has 5 nitrogen and oxygen atoms in total. The van der Waals surface area contributed by atoms with Gasteiger partial charge in [-0.25, -0.2) is 4.79 Å². The van der Waals surface area contributed by atoms with Crippen molar-refractivity contribution >= 4 is 11.9 Å². The van der Waals surface area contributed by atoms with E-state index >= 15 is 0 Å². The van der Waals surface area contributed by atoms with E-state index in [9.17, 15) is 9.59 Å². The Hall–Kier alpha value is -1.88. The van der Waals surface area contributed by atoms with E-state index in [0.29, 0.717) is 19.5 Å². The third-order valence-electron chi connectivity index (χ3n) is 4.99. The maximum Gasteiger partial charge on any atom is 0.335 e. The first-order valence-electron chi connectivity index (χ1n) is 7.71. The SMILES string of the molecule is COC1(CC(=O)N2CCc3ccc(C(=O)O)cc3C2)CCC1. The molecule has 1 aromatic carbocycles. The number of aromatic carboxylic acids is 1. The second kappa shape index (κ2) is 5.72. The summed E-state index contributed by atoms with van der Waals surface area (Å²) in [6.07, 6.45) is 4.22. The van der Waals surface area contributed by atoms with E-state index < -0.39 is 5.97 Å². The predicted molar refractivity (Wildman–Crippen MR) is 80.7 cm³/mol. The molecule has 0 aromatic heterocycles. The fourth-order valence-electron chi connectivity index (χ4n) is 3.31. The molecule has 5 heteroatoms. The van der Waals surface area contributed by atoms with Gasteiger partial charge < -0.3 is 14.7 Å². The minimum Gasteiger partial charge on any atom is -0.478 e. The van der Waals surface area contributed by atoms with Crippen LogP contribution in [0, 0.1) is 0 Å². The Morgan fingerprint density at radius 3 is 2.68 bits per heavy atom. The van der Waals surface area contributed by atoms with E-state index in [1.165, 1.54) is 0 Å². The lowest BCUT2D eigenvalue weighted by atomic mass is 9.77. The number of hydrogen-bond donors (Lipinski definition) is 1. The van der Waals surface area contributed by atoms with Crippen molar-refractivity contribution in [2.45, 2.75) is 44.2 Å². The second-order valence-electron chi connectivity index (χ2n) is 6.27. The summed E-state index contributed by atoms with van der Waals surface area (Å²) < 4.78 is 5.53. The van der Waals surface area contributed by atoms with Crippen LogP contribution in [0.3, 0.4) is 0 Å². The Kier molecular flexibility index (Phi) is 3.91. The number of hydrogen-bond acceptors (Lipinski definition) is 3. The van der Waals surface area contributed by atoms with E-state index in [1.54, 1.807) is 19.2 Å². The number of carboxylic acids is 1.